The zero-order valence-electron chi connectivity index (χ0n) is 9.88. The predicted molar refractivity (Wildman–Crippen MR) is 67.5 cm³/mol. The van der Waals surface area contributed by atoms with E-state index in [4.69, 9.17) is 11.0 Å². The molecule has 6 heteroatoms. The van der Waals surface area contributed by atoms with Gasteiger partial charge in [0.25, 0.3) is 0 Å². The summed E-state index contributed by atoms with van der Waals surface area (Å²) in [7, 11) is 0. The van der Waals surface area contributed by atoms with Crippen molar-refractivity contribution in [3.05, 3.63) is 41.6 Å². The van der Waals surface area contributed by atoms with Gasteiger partial charge in [0.15, 0.2) is 5.69 Å². The summed E-state index contributed by atoms with van der Waals surface area (Å²) in [6.45, 7) is 2.37. The third kappa shape index (κ3) is 2.71. The number of nitrogens with zero attached hydrogens (tertiary/aromatic N) is 4. The highest BCUT2D eigenvalue weighted by Crippen LogP contribution is 2.12. The molecule has 0 aromatic carbocycles. The first-order valence-electron chi connectivity index (χ1n) is 5.37. The molecule has 0 unspecified atom stereocenters. The number of aromatic nitrogens is 3. The van der Waals surface area contributed by atoms with Crippen LogP contribution >= 0.6 is 0 Å². The molecule has 2 heterocycles. The summed E-state index contributed by atoms with van der Waals surface area (Å²) in [5, 5.41) is 11.9. The highest BCUT2D eigenvalue weighted by molar-refractivity contribution is 5.54. The van der Waals surface area contributed by atoms with Crippen molar-refractivity contribution < 1.29 is 0 Å². The van der Waals surface area contributed by atoms with Crippen LogP contribution in [0.15, 0.2) is 24.5 Å². The van der Waals surface area contributed by atoms with Crippen molar-refractivity contribution in [2.75, 3.05) is 11.1 Å². The van der Waals surface area contributed by atoms with Gasteiger partial charge in [-0.15, -0.1) is 0 Å². The Hall–Kier alpha value is -2.68. The molecule has 0 bridgehead atoms. The standard InChI is InChI=1S/C12H12N6/c1-8-5-16-9(6-15-8)7-17-12-3-2-10(14)11(4-13)18-12/h2-3,5-6H,7,14H2,1H3,(H,17,18). The summed E-state index contributed by atoms with van der Waals surface area (Å²) in [5.41, 5.74) is 7.85. The van der Waals surface area contributed by atoms with Gasteiger partial charge < -0.3 is 11.1 Å². The van der Waals surface area contributed by atoms with Crippen molar-refractivity contribution in [1.29, 1.82) is 5.26 Å². The average molecular weight is 240 g/mol. The van der Waals surface area contributed by atoms with Crippen molar-refractivity contribution in [3.63, 3.8) is 0 Å². The fraction of sp³-hybridized carbons (Fsp3) is 0.167. The molecule has 2 aromatic rings. The number of nitrogens with one attached hydrogen (secondary N) is 1. The van der Waals surface area contributed by atoms with E-state index in [0.717, 1.165) is 11.4 Å². The Morgan fingerprint density at radius 1 is 1.33 bits per heavy atom. The molecule has 3 N–H and O–H groups in total. The lowest BCUT2D eigenvalue weighted by Gasteiger charge is -2.06. The van der Waals surface area contributed by atoms with Crippen LogP contribution in [0.25, 0.3) is 0 Å². The van der Waals surface area contributed by atoms with Gasteiger partial charge in [-0.2, -0.15) is 5.26 Å². The molecule has 0 amide bonds. The molecule has 0 aliphatic carbocycles. The van der Waals surface area contributed by atoms with E-state index in [1.807, 2.05) is 13.0 Å². The Morgan fingerprint density at radius 2 is 2.17 bits per heavy atom. The van der Waals surface area contributed by atoms with Gasteiger partial charge in [0.2, 0.25) is 0 Å². The topological polar surface area (TPSA) is 101 Å². The molecule has 90 valence electrons. The Bertz CT molecular complexity index is 585. The maximum atomic E-state index is 8.82. The number of rotatable bonds is 3. The van der Waals surface area contributed by atoms with Crippen molar-refractivity contribution in [2.45, 2.75) is 13.5 Å². The Kier molecular flexibility index (Phi) is 3.34. The SMILES string of the molecule is Cc1cnc(CNc2ccc(N)c(C#N)n2)cn1. The Morgan fingerprint density at radius 3 is 2.83 bits per heavy atom. The third-order valence-corrected chi connectivity index (χ3v) is 2.32. The van der Waals surface area contributed by atoms with Crippen molar-refractivity contribution in [3.8, 4) is 6.07 Å². The van der Waals surface area contributed by atoms with E-state index in [9.17, 15) is 0 Å². The van der Waals surface area contributed by atoms with Crippen molar-refractivity contribution in [1.82, 2.24) is 15.0 Å². The van der Waals surface area contributed by atoms with E-state index in [1.54, 1.807) is 24.5 Å². The van der Waals surface area contributed by atoms with Gasteiger partial charge >= 0.3 is 0 Å². The Labute approximate surface area is 105 Å². The summed E-state index contributed by atoms with van der Waals surface area (Å²) in [5.74, 6) is 0.586. The number of nitrogen functional groups attached to an aromatic ring is 1. The van der Waals surface area contributed by atoms with Crippen LogP contribution in [-0.2, 0) is 6.54 Å². The van der Waals surface area contributed by atoms with Gasteiger partial charge in [0, 0.05) is 6.20 Å². The fourth-order valence-electron chi connectivity index (χ4n) is 1.35. The van der Waals surface area contributed by atoms with E-state index in [2.05, 4.69) is 20.3 Å². The van der Waals surface area contributed by atoms with E-state index in [-0.39, 0.29) is 5.69 Å². The molecule has 0 atom stereocenters. The second-order valence-corrected chi connectivity index (χ2v) is 3.75. The zero-order valence-corrected chi connectivity index (χ0v) is 9.88. The van der Waals surface area contributed by atoms with Gasteiger partial charge in [-0.25, -0.2) is 4.98 Å². The number of hydrogen-bond acceptors (Lipinski definition) is 6. The fourth-order valence-corrected chi connectivity index (χ4v) is 1.35. The Balaban J connectivity index is 2.06. The normalized spacial score (nSPS) is 9.78. The van der Waals surface area contributed by atoms with Gasteiger partial charge in [0.05, 0.1) is 29.8 Å². The van der Waals surface area contributed by atoms with E-state index >= 15 is 0 Å². The van der Waals surface area contributed by atoms with E-state index in [1.165, 1.54) is 0 Å². The zero-order chi connectivity index (χ0) is 13.0. The molecule has 2 rings (SSSR count). The van der Waals surface area contributed by atoms with Crippen LogP contribution in [0, 0.1) is 18.3 Å². The summed E-state index contributed by atoms with van der Waals surface area (Å²) in [4.78, 5) is 12.4. The molecule has 0 radical (unpaired) electrons. The smallest absolute Gasteiger partial charge is 0.165 e. The first-order valence-corrected chi connectivity index (χ1v) is 5.37. The second kappa shape index (κ2) is 5.10. The van der Waals surface area contributed by atoms with Crippen molar-refractivity contribution in [2.24, 2.45) is 0 Å². The molecule has 18 heavy (non-hydrogen) atoms. The first-order chi connectivity index (χ1) is 8.69. The van der Waals surface area contributed by atoms with Gasteiger partial charge in [-0.05, 0) is 19.1 Å². The van der Waals surface area contributed by atoms with Crippen LogP contribution in [0.4, 0.5) is 11.5 Å². The summed E-state index contributed by atoms with van der Waals surface area (Å²) in [6.07, 6.45) is 3.40. The molecule has 0 aliphatic rings. The summed E-state index contributed by atoms with van der Waals surface area (Å²) >= 11 is 0. The van der Waals surface area contributed by atoms with Crippen molar-refractivity contribution >= 4 is 11.5 Å². The molecular formula is C12H12N6. The van der Waals surface area contributed by atoms with E-state index in [0.29, 0.717) is 18.1 Å². The van der Waals surface area contributed by atoms with Gasteiger partial charge in [0.1, 0.15) is 11.9 Å². The maximum Gasteiger partial charge on any atom is 0.165 e. The lowest BCUT2D eigenvalue weighted by Crippen LogP contribution is -2.05. The molecular weight excluding hydrogens is 228 g/mol. The molecule has 0 fully saturated rings. The number of aryl methyl sites for hydroxylation is 1. The number of hydrogen-bond donors (Lipinski definition) is 2. The largest absolute Gasteiger partial charge is 0.396 e. The maximum absolute atomic E-state index is 8.82. The average Bonchev–Trinajstić information content (AvgIpc) is 2.39. The van der Waals surface area contributed by atoms with Crippen LogP contribution in [0.3, 0.4) is 0 Å². The van der Waals surface area contributed by atoms with Crippen LogP contribution in [0.2, 0.25) is 0 Å². The number of nitriles is 1. The van der Waals surface area contributed by atoms with Crippen LogP contribution in [0.5, 0.6) is 0 Å². The lowest BCUT2D eigenvalue weighted by molar-refractivity contribution is 0.976. The van der Waals surface area contributed by atoms with Crippen LogP contribution < -0.4 is 11.1 Å². The van der Waals surface area contributed by atoms with E-state index < -0.39 is 0 Å². The molecule has 0 saturated heterocycles. The number of anilines is 2. The number of nitrogens with two attached hydrogens (primary N) is 1. The molecule has 0 saturated carbocycles. The summed E-state index contributed by atoms with van der Waals surface area (Å²) < 4.78 is 0. The minimum absolute atomic E-state index is 0.218. The number of pyridine rings is 1. The van der Waals surface area contributed by atoms with Gasteiger partial charge in [-0.3, -0.25) is 9.97 Å². The van der Waals surface area contributed by atoms with Crippen LogP contribution in [0.1, 0.15) is 17.1 Å². The van der Waals surface area contributed by atoms with Crippen LogP contribution in [-0.4, -0.2) is 15.0 Å². The minimum atomic E-state index is 0.218. The monoisotopic (exact) mass is 240 g/mol. The first kappa shape index (κ1) is 11.8. The minimum Gasteiger partial charge on any atom is -0.396 e. The third-order valence-electron chi connectivity index (χ3n) is 2.32. The quantitative estimate of drug-likeness (QED) is 0.837. The highest BCUT2D eigenvalue weighted by atomic mass is 15.0. The highest BCUT2D eigenvalue weighted by Gasteiger charge is 2.02. The predicted octanol–water partition coefficient (Wildman–Crippen LogP) is 1.25. The second-order valence-electron chi connectivity index (χ2n) is 3.75. The van der Waals surface area contributed by atoms with Gasteiger partial charge in [-0.1, -0.05) is 0 Å². The molecule has 0 spiro atoms. The molecule has 6 nitrogen and oxygen atoms in total. The molecule has 2 aromatic heterocycles. The lowest BCUT2D eigenvalue weighted by atomic mass is 10.3. The summed E-state index contributed by atoms with van der Waals surface area (Å²) in [6, 6.07) is 5.30. The molecule has 0 aliphatic heterocycles.